The second-order valence-corrected chi connectivity index (χ2v) is 8.38. The van der Waals surface area contributed by atoms with Gasteiger partial charge < -0.3 is 15.8 Å². The predicted molar refractivity (Wildman–Crippen MR) is 119 cm³/mol. The van der Waals surface area contributed by atoms with Gasteiger partial charge >= 0.3 is 5.97 Å². The first-order valence-corrected chi connectivity index (χ1v) is 10.5. The van der Waals surface area contributed by atoms with Crippen molar-refractivity contribution in [2.75, 3.05) is 18.2 Å². The third-order valence-corrected chi connectivity index (χ3v) is 6.59. The average molecular weight is 417 g/mol. The number of hydrogen-bond acceptors (Lipinski definition) is 6. The van der Waals surface area contributed by atoms with E-state index in [1.165, 1.54) is 36.0 Å². The molecule has 0 saturated heterocycles. The smallest absolute Gasteiger partial charge is 0.337 e. The number of rotatable bonds is 3. The Hall–Kier alpha value is -3.45. The number of nitrogens with one attached hydrogen (secondary N) is 1. The molecule has 7 heteroatoms. The Morgan fingerprint density at radius 1 is 1.13 bits per heavy atom. The summed E-state index contributed by atoms with van der Waals surface area (Å²) in [6, 6.07) is 13.0. The van der Waals surface area contributed by atoms with Crippen molar-refractivity contribution in [2.24, 2.45) is 0 Å². The quantitative estimate of drug-likeness (QED) is 0.477. The molecule has 3 N–H and O–H groups in total. The van der Waals surface area contributed by atoms with Gasteiger partial charge in [0, 0.05) is 16.5 Å². The molecule has 5 rings (SSSR count). The molecular weight excluding hydrogens is 398 g/mol. The SMILES string of the molecule is COC(=O)c1cccc(NC(=O)c2sc3nc4cc5c(cc4cc3c2N)CCC5)c1. The molecule has 0 fully saturated rings. The lowest BCUT2D eigenvalue weighted by molar-refractivity contribution is 0.0600. The molecule has 150 valence electrons. The molecule has 1 aliphatic rings. The molecule has 0 atom stereocenters. The van der Waals surface area contributed by atoms with E-state index in [-0.39, 0.29) is 5.91 Å². The van der Waals surface area contributed by atoms with Gasteiger partial charge in [-0.15, -0.1) is 11.3 Å². The zero-order valence-corrected chi connectivity index (χ0v) is 17.1. The van der Waals surface area contributed by atoms with Gasteiger partial charge in [0.05, 0.1) is 23.9 Å². The number of benzene rings is 2. The van der Waals surface area contributed by atoms with Crippen LogP contribution in [0.1, 0.15) is 37.6 Å². The molecule has 2 heterocycles. The summed E-state index contributed by atoms with van der Waals surface area (Å²) < 4.78 is 4.73. The van der Waals surface area contributed by atoms with Gasteiger partial charge in [-0.1, -0.05) is 6.07 Å². The maximum Gasteiger partial charge on any atom is 0.337 e. The highest BCUT2D eigenvalue weighted by atomic mass is 32.1. The Morgan fingerprint density at radius 3 is 2.73 bits per heavy atom. The molecule has 6 nitrogen and oxygen atoms in total. The van der Waals surface area contributed by atoms with Crippen LogP contribution in [0.5, 0.6) is 0 Å². The number of esters is 1. The van der Waals surface area contributed by atoms with Crippen molar-refractivity contribution in [3.8, 4) is 0 Å². The van der Waals surface area contributed by atoms with Crippen LogP contribution in [0.25, 0.3) is 21.1 Å². The number of anilines is 2. The molecule has 4 aromatic rings. The number of fused-ring (bicyclic) bond motifs is 3. The fraction of sp³-hybridized carbons (Fsp3) is 0.174. The number of hydrogen-bond donors (Lipinski definition) is 2. The number of ether oxygens (including phenoxy) is 1. The van der Waals surface area contributed by atoms with Gasteiger partial charge in [0.2, 0.25) is 0 Å². The van der Waals surface area contributed by atoms with E-state index >= 15 is 0 Å². The average Bonchev–Trinajstić information content (AvgIpc) is 3.34. The molecule has 0 radical (unpaired) electrons. The summed E-state index contributed by atoms with van der Waals surface area (Å²) in [5, 5.41) is 4.65. The molecule has 0 aliphatic heterocycles. The minimum absolute atomic E-state index is 0.330. The highest BCUT2D eigenvalue weighted by Crippen LogP contribution is 2.36. The van der Waals surface area contributed by atoms with Crippen molar-refractivity contribution in [1.82, 2.24) is 4.98 Å². The maximum atomic E-state index is 12.9. The summed E-state index contributed by atoms with van der Waals surface area (Å²) in [7, 11) is 1.32. The van der Waals surface area contributed by atoms with Gasteiger partial charge in [0.15, 0.2) is 0 Å². The van der Waals surface area contributed by atoms with Crippen LogP contribution in [-0.4, -0.2) is 24.0 Å². The van der Waals surface area contributed by atoms with Crippen LogP contribution in [0, 0.1) is 0 Å². The van der Waals surface area contributed by atoms with Gasteiger partial charge in [0.1, 0.15) is 9.71 Å². The standard InChI is InChI=1S/C23H19N3O3S/c1-29-23(28)14-6-3-7-16(9-14)25-21(27)20-19(24)17-10-15-8-12-4-2-5-13(12)11-18(15)26-22(17)30-20/h3,6-11H,2,4-5,24H2,1H3,(H,25,27). The number of amides is 1. The van der Waals surface area contributed by atoms with Crippen molar-refractivity contribution >= 4 is 55.7 Å². The minimum atomic E-state index is -0.463. The van der Waals surface area contributed by atoms with Crippen LogP contribution >= 0.6 is 11.3 Å². The molecule has 0 unspecified atom stereocenters. The summed E-state index contributed by atoms with van der Waals surface area (Å²) in [5.41, 5.74) is 11.3. The van der Waals surface area contributed by atoms with Gasteiger partial charge in [-0.05, 0) is 66.8 Å². The number of methoxy groups -OCH3 is 1. The molecule has 2 aromatic carbocycles. The summed E-state index contributed by atoms with van der Waals surface area (Å²) >= 11 is 1.27. The van der Waals surface area contributed by atoms with Crippen LogP contribution in [-0.2, 0) is 17.6 Å². The number of aromatic nitrogens is 1. The summed E-state index contributed by atoms with van der Waals surface area (Å²) in [4.78, 5) is 30.5. The number of pyridine rings is 1. The molecule has 1 amide bonds. The second-order valence-electron chi connectivity index (χ2n) is 7.38. The second kappa shape index (κ2) is 7.11. The largest absolute Gasteiger partial charge is 0.465 e. The Kier molecular flexibility index (Phi) is 4.40. The third kappa shape index (κ3) is 3.07. The zero-order valence-electron chi connectivity index (χ0n) is 16.3. The molecule has 1 aliphatic carbocycles. The van der Waals surface area contributed by atoms with E-state index < -0.39 is 5.97 Å². The minimum Gasteiger partial charge on any atom is -0.465 e. The van der Waals surface area contributed by atoms with E-state index in [4.69, 9.17) is 15.5 Å². The van der Waals surface area contributed by atoms with Crippen molar-refractivity contribution in [1.29, 1.82) is 0 Å². The lowest BCUT2D eigenvalue weighted by Crippen LogP contribution is -2.12. The van der Waals surface area contributed by atoms with E-state index in [0.717, 1.165) is 34.0 Å². The Bertz CT molecular complexity index is 1340. The van der Waals surface area contributed by atoms with E-state index in [1.807, 2.05) is 6.07 Å². The third-order valence-electron chi connectivity index (χ3n) is 5.47. The van der Waals surface area contributed by atoms with Crippen molar-refractivity contribution in [2.45, 2.75) is 19.3 Å². The number of nitrogens with zero attached hydrogens (tertiary/aromatic N) is 1. The number of nitrogen functional groups attached to an aromatic ring is 1. The van der Waals surface area contributed by atoms with Crippen LogP contribution < -0.4 is 11.1 Å². The van der Waals surface area contributed by atoms with Gasteiger partial charge in [-0.25, -0.2) is 9.78 Å². The van der Waals surface area contributed by atoms with E-state index in [2.05, 4.69) is 17.4 Å². The molecule has 0 spiro atoms. The van der Waals surface area contributed by atoms with E-state index in [1.54, 1.807) is 24.3 Å². The lowest BCUT2D eigenvalue weighted by atomic mass is 10.1. The highest BCUT2D eigenvalue weighted by molar-refractivity contribution is 7.21. The van der Waals surface area contributed by atoms with Crippen LogP contribution in [0.2, 0.25) is 0 Å². The maximum absolute atomic E-state index is 12.9. The first-order chi connectivity index (χ1) is 14.5. The summed E-state index contributed by atoms with van der Waals surface area (Å²) in [6.07, 6.45) is 3.38. The number of thiophene rings is 1. The number of nitrogens with two attached hydrogens (primary N) is 1. The Balaban J connectivity index is 1.51. The fourth-order valence-corrected chi connectivity index (χ4v) is 4.95. The van der Waals surface area contributed by atoms with Crippen molar-refractivity contribution in [3.05, 3.63) is 64.0 Å². The highest BCUT2D eigenvalue weighted by Gasteiger charge is 2.20. The summed E-state index contributed by atoms with van der Waals surface area (Å²) in [6.45, 7) is 0. The zero-order chi connectivity index (χ0) is 20.8. The molecular formula is C23H19N3O3S. The number of aryl methyl sites for hydroxylation is 2. The topological polar surface area (TPSA) is 94.3 Å². The van der Waals surface area contributed by atoms with Crippen LogP contribution in [0.15, 0.2) is 42.5 Å². The number of carbonyl (C=O) groups excluding carboxylic acids is 2. The Morgan fingerprint density at radius 2 is 1.93 bits per heavy atom. The van der Waals surface area contributed by atoms with Crippen LogP contribution in [0.4, 0.5) is 11.4 Å². The molecule has 30 heavy (non-hydrogen) atoms. The first kappa shape index (κ1) is 18.6. The normalized spacial score (nSPS) is 12.8. The predicted octanol–water partition coefficient (Wildman–Crippen LogP) is 4.56. The van der Waals surface area contributed by atoms with Crippen molar-refractivity contribution < 1.29 is 14.3 Å². The van der Waals surface area contributed by atoms with Gasteiger partial charge in [0.25, 0.3) is 5.91 Å². The molecule has 0 saturated carbocycles. The number of carbonyl (C=O) groups is 2. The monoisotopic (exact) mass is 417 g/mol. The lowest BCUT2D eigenvalue weighted by Gasteiger charge is -2.06. The molecule has 0 bridgehead atoms. The van der Waals surface area contributed by atoms with E-state index in [9.17, 15) is 9.59 Å². The summed E-state index contributed by atoms with van der Waals surface area (Å²) in [5.74, 6) is -0.792. The first-order valence-electron chi connectivity index (χ1n) is 9.68. The fourth-order valence-electron chi connectivity index (χ4n) is 3.97. The van der Waals surface area contributed by atoms with Crippen molar-refractivity contribution in [3.63, 3.8) is 0 Å². The van der Waals surface area contributed by atoms with Gasteiger partial charge in [-0.2, -0.15) is 0 Å². The van der Waals surface area contributed by atoms with Gasteiger partial charge in [-0.3, -0.25) is 4.79 Å². The van der Waals surface area contributed by atoms with Crippen LogP contribution in [0.3, 0.4) is 0 Å². The Labute approximate surface area is 176 Å². The van der Waals surface area contributed by atoms with E-state index in [0.29, 0.717) is 21.8 Å². The molecule has 2 aromatic heterocycles.